The van der Waals surface area contributed by atoms with Crippen LogP contribution < -0.4 is 14.8 Å². The normalized spacial score (nSPS) is 12.2. The molecule has 5 nitrogen and oxygen atoms in total. The quantitative estimate of drug-likeness (QED) is 0.876. The summed E-state index contributed by atoms with van der Waals surface area (Å²) in [6, 6.07) is 9.66. The first kappa shape index (κ1) is 13.8. The maximum atomic E-state index is 5.37. The fourth-order valence-electron chi connectivity index (χ4n) is 2.07. The van der Waals surface area contributed by atoms with E-state index in [-0.39, 0.29) is 6.79 Å². The van der Waals surface area contributed by atoms with E-state index in [2.05, 4.69) is 5.32 Å². The van der Waals surface area contributed by atoms with Gasteiger partial charge < -0.3 is 24.1 Å². The summed E-state index contributed by atoms with van der Waals surface area (Å²) in [4.78, 5) is 1.93. The van der Waals surface area contributed by atoms with Crippen LogP contribution in [0, 0.1) is 0 Å². The maximum Gasteiger partial charge on any atom is 0.231 e. The summed E-state index contributed by atoms with van der Waals surface area (Å²) in [6.07, 6.45) is 1.66. The van der Waals surface area contributed by atoms with Gasteiger partial charge in [0, 0.05) is 13.6 Å². The lowest BCUT2D eigenvalue weighted by molar-refractivity contribution is 0.174. The molecule has 1 aliphatic rings. The molecule has 1 aliphatic heterocycles. The lowest BCUT2D eigenvalue weighted by atomic mass is 10.2. The molecule has 1 aromatic heterocycles. The minimum atomic E-state index is 0.288. The van der Waals surface area contributed by atoms with E-state index >= 15 is 0 Å². The molecule has 0 radical (unpaired) electrons. The SMILES string of the molecule is CN(Cc1ccco1)C(=S)NCc1ccc2c(c1)OCO2. The van der Waals surface area contributed by atoms with Gasteiger partial charge in [0.25, 0.3) is 0 Å². The van der Waals surface area contributed by atoms with E-state index in [0.717, 1.165) is 22.8 Å². The van der Waals surface area contributed by atoms with E-state index in [1.54, 1.807) is 6.26 Å². The topological polar surface area (TPSA) is 46.9 Å². The van der Waals surface area contributed by atoms with Crippen LogP contribution in [0.4, 0.5) is 0 Å². The number of hydrogen-bond donors (Lipinski definition) is 1. The largest absolute Gasteiger partial charge is 0.467 e. The van der Waals surface area contributed by atoms with Crippen molar-refractivity contribution in [2.75, 3.05) is 13.8 Å². The number of benzene rings is 1. The van der Waals surface area contributed by atoms with Crippen LogP contribution in [0.2, 0.25) is 0 Å². The third-order valence-electron chi connectivity index (χ3n) is 3.20. The molecule has 0 aliphatic carbocycles. The van der Waals surface area contributed by atoms with Crippen LogP contribution in [0.5, 0.6) is 11.5 Å². The highest BCUT2D eigenvalue weighted by Gasteiger charge is 2.13. The van der Waals surface area contributed by atoms with Crippen LogP contribution in [0.1, 0.15) is 11.3 Å². The number of nitrogens with one attached hydrogen (secondary N) is 1. The van der Waals surface area contributed by atoms with Gasteiger partial charge in [-0.1, -0.05) is 6.07 Å². The molecule has 0 spiro atoms. The molecular formula is C15H16N2O3S. The Morgan fingerprint density at radius 3 is 2.95 bits per heavy atom. The summed E-state index contributed by atoms with van der Waals surface area (Å²) >= 11 is 5.37. The van der Waals surface area contributed by atoms with Crippen molar-refractivity contribution < 1.29 is 13.9 Å². The Kier molecular flexibility index (Phi) is 3.96. The van der Waals surface area contributed by atoms with Crippen molar-refractivity contribution in [1.29, 1.82) is 0 Å². The smallest absolute Gasteiger partial charge is 0.231 e. The minimum Gasteiger partial charge on any atom is -0.467 e. The Hall–Kier alpha value is -2.21. The Bertz CT molecular complexity index is 628. The first-order valence-electron chi connectivity index (χ1n) is 6.62. The monoisotopic (exact) mass is 304 g/mol. The van der Waals surface area contributed by atoms with E-state index in [0.29, 0.717) is 18.2 Å². The summed E-state index contributed by atoms with van der Waals surface area (Å²) in [5.74, 6) is 2.45. The third-order valence-corrected chi connectivity index (χ3v) is 3.66. The molecule has 2 heterocycles. The second-order valence-electron chi connectivity index (χ2n) is 4.78. The summed E-state index contributed by atoms with van der Waals surface area (Å²) in [6.45, 7) is 1.56. The number of hydrogen-bond acceptors (Lipinski definition) is 4. The first-order valence-corrected chi connectivity index (χ1v) is 7.03. The Morgan fingerprint density at radius 2 is 2.14 bits per heavy atom. The van der Waals surface area contributed by atoms with Gasteiger partial charge in [-0.05, 0) is 42.0 Å². The Morgan fingerprint density at radius 1 is 1.29 bits per heavy atom. The van der Waals surface area contributed by atoms with Crippen LogP contribution in [0.25, 0.3) is 0 Å². The van der Waals surface area contributed by atoms with Gasteiger partial charge in [-0.2, -0.15) is 0 Å². The molecule has 0 amide bonds. The molecule has 0 saturated heterocycles. The lowest BCUT2D eigenvalue weighted by Crippen LogP contribution is -2.36. The number of thiocarbonyl (C=S) groups is 1. The third kappa shape index (κ3) is 3.28. The molecule has 110 valence electrons. The molecule has 1 aromatic carbocycles. The maximum absolute atomic E-state index is 5.37. The second kappa shape index (κ2) is 6.05. The molecule has 0 saturated carbocycles. The summed E-state index contributed by atoms with van der Waals surface area (Å²) in [5, 5.41) is 3.89. The molecule has 0 unspecified atom stereocenters. The zero-order chi connectivity index (χ0) is 14.7. The molecule has 2 aromatic rings. The van der Waals surface area contributed by atoms with Crippen LogP contribution in [-0.2, 0) is 13.1 Å². The second-order valence-corrected chi connectivity index (χ2v) is 5.17. The zero-order valence-electron chi connectivity index (χ0n) is 11.7. The zero-order valence-corrected chi connectivity index (χ0v) is 12.5. The van der Waals surface area contributed by atoms with Crippen molar-refractivity contribution in [2.24, 2.45) is 0 Å². The van der Waals surface area contributed by atoms with Gasteiger partial charge in [0.1, 0.15) is 5.76 Å². The average Bonchev–Trinajstić information content (AvgIpc) is 3.14. The fourth-order valence-corrected chi connectivity index (χ4v) is 2.21. The molecule has 6 heteroatoms. The van der Waals surface area contributed by atoms with Gasteiger partial charge in [0.05, 0.1) is 12.8 Å². The molecule has 0 fully saturated rings. The summed E-state index contributed by atoms with van der Waals surface area (Å²) < 4.78 is 16.0. The van der Waals surface area contributed by atoms with Gasteiger partial charge >= 0.3 is 0 Å². The highest BCUT2D eigenvalue weighted by Crippen LogP contribution is 2.32. The molecule has 0 bridgehead atoms. The summed E-state index contributed by atoms with van der Waals surface area (Å²) in [5.41, 5.74) is 1.09. The number of furan rings is 1. The van der Waals surface area contributed by atoms with Crippen molar-refractivity contribution in [3.63, 3.8) is 0 Å². The molecule has 0 atom stereocenters. The summed E-state index contributed by atoms with van der Waals surface area (Å²) in [7, 11) is 1.93. The van der Waals surface area contributed by atoms with Crippen molar-refractivity contribution in [3.8, 4) is 11.5 Å². The van der Waals surface area contributed by atoms with Crippen molar-refractivity contribution >= 4 is 17.3 Å². The number of rotatable bonds is 4. The predicted octanol–water partition coefficient (Wildman–Crippen LogP) is 2.51. The molecule has 21 heavy (non-hydrogen) atoms. The Balaban J connectivity index is 1.53. The number of ether oxygens (including phenoxy) is 2. The van der Waals surface area contributed by atoms with Crippen molar-refractivity contribution in [3.05, 3.63) is 47.9 Å². The first-order chi connectivity index (χ1) is 10.2. The highest BCUT2D eigenvalue weighted by molar-refractivity contribution is 7.80. The van der Waals surface area contributed by atoms with Gasteiger partial charge in [-0.3, -0.25) is 0 Å². The standard InChI is InChI=1S/C15H16N2O3S/c1-17(9-12-3-2-6-18-12)15(21)16-8-11-4-5-13-14(7-11)20-10-19-13/h2-7H,8-10H2,1H3,(H,16,21). The van der Waals surface area contributed by atoms with E-state index in [4.69, 9.17) is 26.1 Å². The van der Waals surface area contributed by atoms with Gasteiger partial charge in [-0.15, -0.1) is 0 Å². The van der Waals surface area contributed by atoms with E-state index in [1.165, 1.54) is 0 Å². The fraction of sp³-hybridized carbons (Fsp3) is 0.267. The predicted molar refractivity (Wildman–Crippen MR) is 82.2 cm³/mol. The molecular weight excluding hydrogens is 288 g/mol. The molecule has 3 rings (SSSR count). The van der Waals surface area contributed by atoms with Crippen molar-refractivity contribution in [1.82, 2.24) is 10.2 Å². The van der Waals surface area contributed by atoms with Gasteiger partial charge in [-0.25, -0.2) is 0 Å². The minimum absolute atomic E-state index is 0.288. The Labute approximate surface area is 128 Å². The van der Waals surface area contributed by atoms with Gasteiger partial charge in [0.2, 0.25) is 6.79 Å². The van der Waals surface area contributed by atoms with E-state index in [9.17, 15) is 0 Å². The number of fused-ring (bicyclic) bond motifs is 1. The average molecular weight is 304 g/mol. The highest BCUT2D eigenvalue weighted by atomic mass is 32.1. The van der Waals surface area contributed by atoms with E-state index in [1.807, 2.05) is 42.3 Å². The van der Waals surface area contributed by atoms with Crippen LogP contribution >= 0.6 is 12.2 Å². The van der Waals surface area contributed by atoms with Crippen molar-refractivity contribution in [2.45, 2.75) is 13.1 Å². The van der Waals surface area contributed by atoms with Crippen LogP contribution in [0.15, 0.2) is 41.0 Å². The van der Waals surface area contributed by atoms with Gasteiger partial charge in [0.15, 0.2) is 16.6 Å². The number of nitrogens with zero attached hydrogens (tertiary/aromatic N) is 1. The van der Waals surface area contributed by atoms with Crippen LogP contribution in [-0.4, -0.2) is 23.9 Å². The van der Waals surface area contributed by atoms with Crippen LogP contribution in [0.3, 0.4) is 0 Å². The lowest BCUT2D eigenvalue weighted by Gasteiger charge is -2.20. The molecule has 1 N–H and O–H groups in total. The van der Waals surface area contributed by atoms with E-state index < -0.39 is 0 Å².